The van der Waals surface area contributed by atoms with Crippen LogP contribution in [0.1, 0.15) is 20.8 Å². The molecule has 0 unspecified atom stereocenters. The van der Waals surface area contributed by atoms with Crippen LogP contribution in [0.3, 0.4) is 0 Å². The molecule has 0 heterocycles. The van der Waals surface area contributed by atoms with E-state index in [0.717, 1.165) is 0 Å². The number of methoxy groups -OCH3 is 1. The number of rotatable bonds is 4. The number of ether oxygens (including phenoxy) is 2. The van der Waals surface area contributed by atoms with Crippen LogP contribution < -0.4 is 15.0 Å². The minimum Gasteiger partial charge on any atom is -0.497 e. The van der Waals surface area contributed by atoms with E-state index in [4.69, 9.17) is 9.47 Å². The van der Waals surface area contributed by atoms with E-state index in [-0.39, 0.29) is 12.5 Å². The second-order valence-electron chi connectivity index (χ2n) is 5.51. The minimum absolute atomic E-state index is 0.128. The van der Waals surface area contributed by atoms with Crippen molar-refractivity contribution in [2.24, 2.45) is 0 Å². The highest BCUT2D eigenvalue weighted by Gasteiger charge is 2.18. The van der Waals surface area contributed by atoms with Gasteiger partial charge in [-0.1, -0.05) is 0 Å². The molecule has 0 bridgehead atoms. The number of amides is 2. The Kier molecular flexibility index (Phi) is 5.58. The van der Waals surface area contributed by atoms with Crippen LogP contribution in [0.15, 0.2) is 24.3 Å². The zero-order chi connectivity index (χ0) is 16.0. The molecule has 0 radical (unpaired) electrons. The van der Waals surface area contributed by atoms with Gasteiger partial charge in [0.1, 0.15) is 17.9 Å². The van der Waals surface area contributed by atoms with E-state index in [0.29, 0.717) is 11.4 Å². The summed E-state index contributed by atoms with van der Waals surface area (Å²) in [4.78, 5) is 24.9. The summed E-state index contributed by atoms with van der Waals surface area (Å²) in [7, 11) is 3.22. The lowest BCUT2D eigenvalue weighted by Crippen LogP contribution is -2.40. The van der Waals surface area contributed by atoms with Crippen LogP contribution >= 0.6 is 0 Å². The summed E-state index contributed by atoms with van der Waals surface area (Å²) >= 11 is 0. The molecule has 0 aromatic heterocycles. The van der Waals surface area contributed by atoms with Gasteiger partial charge in [-0.25, -0.2) is 4.79 Å². The number of carbonyl (C=O) groups excluding carboxylic acids is 2. The maximum Gasteiger partial charge on any atom is 0.408 e. The quantitative estimate of drug-likeness (QED) is 0.924. The van der Waals surface area contributed by atoms with E-state index < -0.39 is 11.7 Å². The van der Waals surface area contributed by atoms with E-state index >= 15 is 0 Å². The molecule has 0 spiro atoms. The molecular formula is C15H22N2O4. The summed E-state index contributed by atoms with van der Waals surface area (Å²) in [6, 6.07) is 7.06. The zero-order valence-electron chi connectivity index (χ0n) is 13.1. The molecule has 6 heteroatoms. The zero-order valence-corrected chi connectivity index (χ0v) is 13.1. The van der Waals surface area contributed by atoms with Crippen molar-refractivity contribution in [1.29, 1.82) is 0 Å². The fraction of sp³-hybridized carbons (Fsp3) is 0.467. The maximum absolute atomic E-state index is 12.0. The minimum atomic E-state index is -0.612. The largest absolute Gasteiger partial charge is 0.497 e. The lowest BCUT2D eigenvalue weighted by molar-refractivity contribution is -0.117. The molecule has 1 rings (SSSR count). The van der Waals surface area contributed by atoms with Gasteiger partial charge in [0.2, 0.25) is 5.91 Å². The lowest BCUT2D eigenvalue weighted by Gasteiger charge is -2.21. The van der Waals surface area contributed by atoms with Crippen LogP contribution in [-0.2, 0) is 9.53 Å². The van der Waals surface area contributed by atoms with Gasteiger partial charge in [0.25, 0.3) is 0 Å². The Bertz CT molecular complexity index is 491. The number of nitrogens with one attached hydrogen (secondary N) is 1. The average molecular weight is 294 g/mol. The maximum atomic E-state index is 12.0. The first kappa shape index (κ1) is 16.8. The third-order valence-corrected chi connectivity index (χ3v) is 2.62. The molecule has 0 fully saturated rings. The van der Waals surface area contributed by atoms with Gasteiger partial charge in [0, 0.05) is 12.7 Å². The van der Waals surface area contributed by atoms with Gasteiger partial charge < -0.3 is 19.7 Å². The Hall–Kier alpha value is -2.24. The van der Waals surface area contributed by atoms with Crippen molar-refractivity contribution in [3.63, 3.8) is 0 Å². The smallest absolute Gasteiger partial charge is 0.408 e. The molecule has 0 aliphatic heterocycles. The van der Waals surface area contributed by atoms with Gasteiger partial charge in [-0.05, 0) is 45.0 Å². The second-order valence-corrected chi connectivity index (χ2v) is 5.51. The highest BCUT2D eigenvalue weighted by Crippen LogP contribution is 2.18. The number of nitrogens with zero attached hydrogens (tertiary/aromatic N) is 1. The van der Waals surface area contributed by atoms with Gasteiger partial charge in [-0.3, -0.25) is 4.79 Å². The summed E-state index contributed by atoms with van der Waals surface area (Å²) in [5, 5.41) is 2.44. The molecule has 0 saturated heterocycles. The van der Waals surface area contributed by atoms with Crippen LogP contribution in [0.25, 0.3) is 0 Å². The van der Waals surface area contributed by atoms with Crippen LogP contribution in [0.2, 0.25) is 0 Å². The topological polar surface area (TPSA) is 67.9 Å². The number of benzene rings is 1. The molecule has 0 atom stereocenters. The summed E-state index contributed by atoms with van der Waals surface area (Å²) in [5.41, 5.74) is 0.126. The summed E-state index contributed by atoms with van der Waals surface area (Å²) < 4.78 is 10.1. The molecular weight excluding hydrogens is 272 g/mol. The summed E-state index contributed by atoms with van der Waals surface area (Å²) in [5.74, 6) is 0.470. The molecule has 1 aromatic rings. The molecule has 1 N–H and O–H groups in total. The summed E-state index contributed by atoms with van der Waals surface area (Å²) in [6.07, 6.45) is -0.612. The molecule has 0 saturated carbocycles. The number of hydrogen-bond donors (Lipinski definition) is 1. The highest BCUT2D eigenvalue weighted by atomic mass is 16.6. The fourth-order valence-corrected chi connectivity index (χ4v) is 1.53. The number of likely N-dealkylation sites (N-methyl/N-ethyl adjacent to an activating group) is 1. The molecule has 116 valence electrons. The Morgan fingerprint density at radius 2 is 1.76 bits per heavy atom. The number of alkyl carbamates (subject to hydrolysis) is 1. The van der Waals surface area contributed by atoms with Gasteiger partial charge >= 0.3 is 6.09 Å². The number of carbonyl (C=O) groups is 2. The SMILES string of the molecule is COc1ccc(N(C)C(=O)CNC(=O)OC(C)(C)C)cc1. The van der Waals surface area contributed by atoms with Gasteiger partial charge in [-0.15, -0.1) is 0 Å². The second kappa shape index (κ2) is 6.97. The van der Waals surface area contributed by atoms with Crippen molar-refractivity contribution < 1.29 is 19.1 Å². The Morgan fingerprint density at radius 1 is 1.19 bits per heavy atom. The van der Waals surface area contributed by atoms with Crippen molar-refractivity contribution in [2.75, 3.05) is 25.6 Å². The standard InChI is InChI=1S/C15H22N2O4/c1-15(2,3)21-14(19)16-10-13(18)17(4)11-6-8-12(20-5)9-7-11/h6-9H,10H2,1-5H3,(H,16,19). The molecule has 6 nitrogen and oxygen atoms in total. The van der Waals surface area contributed by atoms with Gasteiger partial charge in [0.15, 0.2) is 0 Å². The van der Waals surface area contributed by atoms with Crippen molar-refractivity contribution in [3.8, 4) is 5.75 Å². The molecule has 2 amide bonds. The first-order valence-electron chi connectivity index (χ1n) is 6.60. The molecule has 1 aromatic carbocycles. The lowest BCUT2D eigenvalue weighted by atomic mass is 10.2. The monoisotopic (exact) mass is 294 g/mol. The Morgan fingerprint density at radius 3 is 2.24 bits per heavy atom. The molecule has 21 heavy (non-hydrogen) atoms. The Balaban J connectivity index is 2.52. The predicted molar refractivity (Wildman–Crippen MR) is 80.6 cm³/mol. The third kappa shape index (κ3) is 5.72. The van der Waals surface area contributed by atoms with E-state index in [9.17, 15) is 9.59 Å². The van der Waals surface area contributed by atoms with Crippen molar-refractivity contribution >= 4 is 17.7 Å². The van der Waals surface area contributed by atoms with Crippen LogP contribution in [0.4, 0.5) is 10.5 Å². The molecule has 0 aliphatic carbocycles. The van der Waals surface area contributed by atoms with E-state index in [1.165, 1.54) is 4.90 Å². The van der Waals surface area contributed by atoms with Crippen LogP contribution in [0, 0.1) is 0 Å². The summed E-state index contributed by atoms with van der Waals surface area (Å²) in [6.45, 7) is 5.16. The van der Waals surface area contributed by atoms with E-state index in [1.807, 2.05) is 0 Å². The fourth-order valence-electron chi connectivity index (χ4n) is 1.53. The third-order valence-electron chi connectivity index (χ3n) is 2.62. The Labute approximate surface area is 125 Å². The van der Waals surface area contributed by atoms with E-state index in [1.54, 1.807) is 59.2 Å². The number of hydrogen-bond acceptors (Lipinski definition) is 4. The van der Waals surface area contributed by atoms with Crippen molar-refractivity contribution in [3.05, 3.63) is 24.3 Å². The van der Waals surface area contributed by atoms with Crippen molar-refractivity contribution in [1.82, 2.24) is 5.32 Å². The number of anilines is 1. The normalized spacial score (nSPS) is 10.7. The molecule has 0 aliphatic rings. The highest BCUT2D eigenvalue weighted by molar-refractivity contribution is 5.95. The average Bonchev–Trinajstić information content (AvgIpc) is 2.42. The predicted octanol–water partition coefficient (Wildman–Crippen LogP) is 2.18. The van der Waals surface area contributed by atoms with Crippen molar-refractivity contribution in [2.45, 2.75) is 26.4 Å². The van der Waals surface area contributed by atoms with Crippen LogP contribution in [-0.4, -0.2) is 38.3 Å². The first-order valence-corrected chi connectivity index (χ1v) is 6.60. The van der Waals surface area contributed by atoms with Gasteiger partial charge in [-0.2, -0.15) is 0 Å². The first-order chi connectivity index (χ1) is 9.73. The van der Waals surface area contributed by atoms with Gasteiger partial charge in [0.05, 0.1) is 7.11 Å². The van der Waals surface area contributed by atoms with E-state index in [2.05, 4.69) is 5.32 Å². The van der Waals surface area contributed by atoms with Crippen LogP contribution in [0.5, 0.6) is 5.75 Å².